The quantitative estimate of drug-likeness (QED) is 0.316. The highest BCUT2D eigenvalue weighted by atomic mass is 32.3. The third-order valence-electron chi connectivity index (χ3n) is 4.55. The van der Waals surface area contributed by atoms with Crippen LogP contribution in [0.15, 0.2) is 18.3 Å². The average molecular weight is 429 g/mol. The van der Waals surface area contributed by atoms with Gasteiger partial charge in [-0.1, -0.05) is 5.92 Å². The van der Waals surface area contributed by atoms with Gasteiger partial charge in [-0.05, 0) is 62.5 Å². The number of carbonyl (C=O) groups excluding carboxylic acids is 3. The first-order valence-electron chi connectivity index (χ1n) is 9.72. The maximum Gasteiger partial charge on any atom is 0.410 e. The van der Waals surface area contributed by atoms with Crippen molar-refractivity contribution in [3.8, 4) is 11.2 Å². The zero-order valence-electron chi connectivity index (χ0n) is 18.4. The van der Waals surface area contributed by atoms with Crippen LogP contribution in [0.1, 0.15) is 42.3 Å². The average Bonchev–Trinajstić information content (AvgIpc) is 2.88. The molecule has 1 aromatic heterocycles. The molecule has 30 heavy (non-hydrogen) atoms. The van der Waals surface area contributed by atoms with E-state index in [4.69, 9.17) is 4.74 Å². The summed E-state index contributed by atoms with van der Waals surface area (Å²) in [6.07, 6.45) is 7.99. The number of Topliss-reactive ketones (excluding diaryl/α,β-unsaturated/α-hetero) is 1. The molecule has 7 heteroatoms. The number of benzene rings is 1. The molecule has 2 heterocycles. The van der Waals surface area contributed by atoms with Gasteiger partial charge in [-0.2, -0.15) is 10.0 Å². The Bertz CT molecular complexity index is 1090. The second-order valence-corrected chi connectivity index (χ2v) is 13.1. The summed E-state index contributed by atoms with van der Waals surface area (Å²) in [5, 5.41) is 3.99. The van der Waals surface area contributed by atoms with E-state index in [1.54, 1.807) is 11.1 Å². The molecule has 1 aromatic carbocycles. The molecular formula is C23H28N2O4S. The van der Waals surface area contributed by atoms with Crippen LogP contribution in [0.4, 0.5) is 4.79 Å². The molecule has 2 aromatic rings. The smallest absolute Gasteiger partial charge is 0.410 e. The van der Waals surface area contributed by atoms with Crippen LogP contribution in [0.25, 0.3) is 10.9 Å². The molecule has 0 saturated carbocycles. The van der Waals surface area contributed by atoms with Gasteiger partial charge in [0, 0.05) is 30.2 Å². The van der Waals surface area contributed by atoms with Crippen molar-refractivity contribution in [2.24, 2.45) is 0 Å². The maximum atomic E-state index is 12.7. The second kappa shape index (κ2) is 7.84. The molecule has 0 unspecified atom stereocenters. The fourth-order valence-corrected chi connectivity index (χ4v) is 3.79. The van der Waals surface area contributed by atoms with Crippen molar-refractivity contribution in [1.82, 2.24) is 9.47 Å². The summed E-state index contributed by atoms with van der Waals surface area (Å²) in [7, 11) is -1.03. The van der Waals surface area contributed by atoms with Crippen molar-refractivity contribution in [1.29, 1.82) is 0 Å². The molecule has 0 aliphatic carbocycles. The first-order chi connectivity index (χ1) is 13.9. The van der Waals surface area contributed by atoms with E-state index in [0.717, 1.165) is 16.6 Å². The van der Waals surface area contributed by atoms with Crippen LogP contribution in [0.5, 0.6) is 0 Å². The molecule has 3 rings (SSSR count). The normalized spacial score (nSPS) is 14.5. The van der Waals surface area contributed by atoms with Gasteiger partial charge in [-0.15, -0.1) is 0 Å². The number of aromatic nitrogens is 1. The molecule has 0 fully saturated rings. The van der Waals surface area contributed by atoms with Gasteiger partial charge in [0.05, 0.1) is 17.6 Å². The molecule has 0 bridgehead atoms. The van der Waals surface area contributed by atoms with Gasteiger partial charge in [-0.25, -0.2) is 4.79 Å². The molecular weight excluding hydrogens is 400 g/mol. The van der Waals surface area contributed by atoms with E-state index in [9.17, 15) is 14.4 Å². The molecule has 1 amide bonds. The van der Waals surface area contributed by atoms with Crippen molar-refractivity contribution >= 4 is 39.1 Å². The Kier molecular flexibility index (Phi) is 5.74. The predicted molar refractivity (Wildman–Crippen MR) is 121 cm³/mol. The third-order valence-corrected chi connectivity index (χ3v) is 5.26. The number of aldehydes is 1. The topological polar surface area (TPSA) is 68.6 Å². The van der Waals surface area contributed by atoms with Gasteiger partial charge in [0.2, 0.25) is 5.78 Å². The first-order valence-corrected chi connectivity index (χ1v) is 12.6. The molecule has 0 radical (unpaired) electrons. The van der Waals surface area contributed by atoms with Crippen molar-refractivity contribution in [3.05, 3.63) is 35.0 Å². The summed E-state index contributed by atoms with van der Waals surface area (Å²) in [6, 6.07) is 3.84. The van der Waals surface area contributed by atoms with Gasteiger partial charge in [-0.3, -0.25) is 9.59 Å². The summed E-state index contributed by atoms with van der Waals surface area (Å²) < 4.78 is 7.50. The minimum absolute atomic E-state index is 0.342. The van der Waals surface area contributed by atoms with E-state index < -0.39 is 21.4 Å². The van der Waals surface area contributed by atoms with E-state index in [2.05, 4.69) is 29.9 Å². The SMILES string of the molecule is CC(C)(C)OC(=O)N1CCn2cc(C(=O)C=O)c3cc(C#CS(C)(C)C)cc(c32)C1. The van der Waals surface area contributed by atoms with Crippen LogP contribution >= 0.6 is 10.0 Å². The monoisotopic (exact) mass is 428 g/mol. The predicted octanol–water partition coefficient (Wildman–Crippen LogP) is 3.78. The Labute approximate surface area is 178 Å². The van der Waals surface area contributed by atoms with Gasteiger partial charge in [0.1, 0.15) is 5.60 Å². The lowest BCUT2D eigenvalue weighted by Gasteiger charge is -2.26. The fourth-order valence-electron chi connectivity index (χ4n) is 3.37. The molecule has 0 N–H and O–H groups in total. The number of hydrogen-bond acceptors (Lipinski definition) is 4. The Morgan fingerprint density at radius 2 is 1.87 bits per heavy atom. The lowest BCUT2D eigenvalue weighted by Crippen LogP contribution is -2.37. The Balaban J connectivity index is 2.13. The highest BCUT2D eigenvalue weighted by Crippen LogP contribution is 2.33. The number of amides is 1. The van der Waals surface area contributed by atoms with E-state index in [-0.39, 0.29) is 6.09 Å². The Morgan fingerprint density at radius 1 is 1.17 bits per heavy atom. The zero-order valence-corrected chi connectivity index (χ0v) is 19.2. The Morgan fingerprint density at radius 3 is 2.47 bits per heavy atom. The van der Waals surface area contributed by atoms with Crippen LogP contribution in [0, 0.1) is 11.2 Å². The summed E-state index contributed by atoms with van der Waals surface area (Å²) in [5.74, 6) is 2.66. The molecule has 6 nitrogen and oxygen atoms in total. The van der Waals surface area contributed by atoms with Gasteiger partial charge in [0.25, 0.3) is 0 Å². The highest BCUT2D eigenvalue weighted by molar-refractivity contribution is 8.35. The minimum Gasteiger partial charge on any atom is -0.444 e. The highest BCUT2D eigenvalue weighted by Gasteiger charge is 2.27. The van der Waals surface area contributed by atoms with E-state index >= 15 is 0 Å². The van der Waals surface area contributed by atoms with Crippen molar-refractivity contribution < 1.29 is 19.1 Å². The number of ether oxygens (including phenoxy) is 1. The lowest BCUT2D eigenvalue weighted by molar-refractivity contribution is -0.104. The Hall–Kier alpha value is -2.72. The van der Waals surface area contributed by atoms with Crippen LogP contribution in [0.3, 0.4) is 0 Å². The van der Waals surface area contributed by atoms with E-state index in [0.29, 0.717) is 36.9 Å². The summed E-state index contributed by atoms with van der Waals surface area (Å²) in [6.45, 7) is 6.82. The van der Waals surface area contributed by atoms with Gasteiger partial charge in [0.15, 0.2) is 6.29 Å². The van der Waals surface area contributed by atoms with Crippen molar-refractivity contribution in [2.45, 2.75) is 39.5 Å². The van der Waals surface area contributed by atoms with Crippen LogP contribution in [-0.4, -0.2) is 58.5 Å². The molecule has 1 aliphatic rings. The number of ketones is 1. The number of rotatable bonds is 2. The van der Waals surface area contributed by atoms with E-state index in [1.807, 2.05) is 37.5 Å². The van der Waals surface area contributed by atoms with Crippen LogP contribution in [-0.2, 0) is 22.6 Å². The minimum atomic E-state index is -1.03. The lowest BCUT2D eigenvalue weighted by atomic mass is 10.0. The standard InChI is InChI=1S/C23H28N2O4S/c1-23(2,3)29-22(28)25-9-8-24-14-19(20(27)15-26)18-12-16(7-10-30(4,5)6)11-17(13-25)21(18)24/h11-12,14-15H,8-9,13H2,1-6H3. The third kappa shape index (κ3) is 4.88. The number of hydrogen-bond donors (Lipinski definition) is 0. The van der Waals surface area contributed by atoms with Crippen LogP contribution in [0.2, 0.25) is 0 Å². The van der Waals surface area contributed by atoms with Gasteiger partial charge < -0.3 is 14.2 Å². The van der Waals surface area contributed by atoms with Gasteiger partial charge >= 0.3 is 6.09 Å². The molecule has 0 atom stereocenters. The maximum absolute atomic E-state index is 12.7. The molecule has 1 aliphatic heterocycles. The van der Waals surface area contributed by atoms with Crippen molar-refractivity contribution in [2.75, 3.05) is 25.3 Å². The number of nitrogens with zero attached hydrogens (tertiary/aromatic N) is 2. The van der Waals surface area contributed by atoms with E-state index in [1.165, 1.54) is 0 Å². The summed E-state index contributed by atoms with van der Waals surface area (Å²) in [4.78, 5) is 37.8. The first kappa shape index (κ1) is 22.0. The molecule has 0 spiro atoms. The molecule has 0 saturated heterocycles. The van der Waals surface area contributed by atoms with Crippen molar-refractivity contribution in [3.63, 3.8) is 0 Å². The summed E-state index contributed by atoms with van der Waals surface area (Å²) in [5.41, 5.74) is 2.30. The second-order valence-electron chi connectivity index (χ2n) is 9.22. The summed E-state index contributed by atoms with van der Waals surface area (Å²) >= 11 is 0. The largest absolute Gasteiger partial charge is 0.444 e. The zero-order chi connectivity index (χ0) is 22.3. The fraction of sp³-hybridized carbons (Fsp3) is 0.435. The number of carbonyl (C=O) groups is 3. The van der Waals surface area contributed by atoms with Crippen LogP contribution < -0.4 is 0 Å². The molecule has 160 valence electrons.